The van der Waals surface area contributed by atoms with Crippen LogP contribution in [0.25, 0.3) is 10.2 Å². The van der Waals surface area contributed by atoms with Gasteiger partial charge in [-0.1, -0.05) is 22.9 Å². The van der Waals surface area contributed by atoms with Crippen LogP contribution in [0.15, 0.2) is 41.3 Å². The summed E-state index contributed by atoms with van der Waals surface area (Å²) in [5.41, 5.74) is 0.182. The molecule has 1 heterocycles. The number of halogens is 1. The van der Waals surface area contributed by atoms with E-state index in [9.17, 15) is 23.3 Å². The molecule has 32 heavy (non-hydrogen) atoms. The molecule has 0 bridgehead atoms. The second-order valence-electron chi connectivity index (χ2n) is 7.55. The predicted molar refractivity (Wildman–Crippen MR) is 125 cm³/mol. The molecule has 3 rings (SSSR count). The summed E-state index contributed by atoms with van der Waals surface area (Å²) in [6, 6.07) is 7.72. The smallest absolute Gasteiger partial charge is 0.270 e. The van der Waals surface area contributed by atoms with Gasteiger partial charge in [-0.15, -0.1) is 0 Å². The fraction of sp³-hybridized carbons (Fsp3) is 0.300. The van der Waals surface area contributed by atoms with Gasteiger partial charge in [-0.05, 0) is 52.0 Å². The van der Waals surface area contributed by atoms with Gasteiger partial charge >= 0.3 is 0 Å². The van der Waals surface area contributed by atoms with E-state index in [4.69, 9.17) is 11.6 Å². The van der Waals surface area contributed by atoms with E-state index in [1.807, 2.05) is 27.7 Å². The van der Waals surface area contributed by atoms with E-state index in [0.29, 0.717) is 10.2 Å². The number of nitrogens with one attached hydrogen (secondary N) is 1. The van der Waals surface area contributed by atoms with Crippen LogP contribution in [0.3, 0.4) is 0 Å². The molecule has 0 saturated heterocycles. The van der Waals surface area contributed by atoms with Crippen LogP contribution in [0.5, 0.6) is 0 Å². The Morgan fingerprint density at radius 3 is 2.41 bits per heavy atom. The van der Waals surface area contributed by atoms with Gasteiger partial charge in [0.05, 0.1) is 30.6 Å². The maximum Gasteiger partial charge on any atom is 0.270 e. The Balaban J connectivity index is 1.93. The number of hydrogen-bond donors (Lipinski definition) is 1. The average molecular weight is 497 g/mol. The molecule has 1 N–H and O–H groups in total. The number of nitro groups is 1. The third-order valence-corrected chi connectivity index (χ3v) is 8.09. The number of nitro benzene ring substituents is 1. The molecule has 0 unspecified atom stereocenters. The molecular weight excluding hydrogens is 476 g/mol. The highest BCUT2D eigenvalue weighted by Crippen LogP contribution is 2.31. The van der Waals surface area contributed by atoms with Gasteiger partial charge in [0.1, 0.15) is 0 Å². The lowest BCUT2D eigenvalue weighted by Crippen LogP contribution is -2.41. The molecule has 0 aliphatic carbocycles. The van der Waals surface area contributed by atoms with Gasteiger partial charge in [0, 0.05) is 24.2 Å². The van der Waals surface area contributed by atoms with Crippen LogP contribution < -0.4 is 5.32 Å². The van der Waals surface area contributed by atoms with Gasteiger partial charge in [0.15, 0.2) is 5.13 Å². The van der Waals surface area contributed by atoms with Crippen LogP contribution in [-0.4, -0.2) is 40.6 Å². The van der Waals surface area contributed by atoms with E-state index in [1.165, 1.54) is 28.6 Å². The van der Waals surface area contributed by atoms with Crippen LogP contribution in [0.2, 0.25) is 5.02 Å². The van der Waals surface area contributed by atoms with E-state index in [0.717, 1.165) is 17.4 Å². The largest absolute Gasteiger partial charge is 0.298 e. The Morgan fingerprint density at radius 1 is 1.16 bits per heavy atom. The number of hydrogen-bond acceptors (Lipinski definition) is 7. The van der Waals surface area contributed by atoms with Gasteiger partial charge in [-0.2, -0.15) is 4.31 Å². The minimum Gasteiger partial charge on any atom is -0.298 e. The molecule has 170 valence electrons. The SMILES string of the molecule is CC(C)N(C(C)C)S(=O)(=O)c1ccc2nc(NC(=O)c3cc([N+](=O)[O-])ccc3Cl)sc2c1. The number of non-ortho nitro benzene ring substituents is 1. The molecule has 12 heteroatoms. The van der Waals surface area contributed by atoms with Crippen molar-refractivity contribution in [2.45, 2.75) is 44.7 Å². The summed E-state index contributed by atoms with van der Waals surface area (Å²) >= 11 is 7.11. The maximum atomic E-state index is 13.1. The van der Waals surface area contributed by atoms with Gasteiger partial charge < -0.3 is 0 Å². The maximum absolute atomic E-state index is 13.1. The van der Waals surface area contributed by atoms with Crippen molar-refractivity contribution in [3.63, 3.8) is 0 Å². The number of benzene rings is 2. The quantitative estimate of drug-likeness (QED) is 0.366. The minimum atomic E-state index is -3.72. The number of nitrogens with zero attached hydrogens (tertiary/aromatic N) is 3. The van der Waals surface area contributed by atoms with E-state index < -0.39 is 20.9 Å². The number of amides is 1. The Labute approximate surface area is 194 Å². The molecule has 1 amide bonds. The van der Waals surface area contributed by atoms with Crippen molar-refractivity contribution in [3.8, 4) is 0 Å². The van der Waals surface area contributed by atoms with Crippen molar-refractivity contribution in [1.82, 2.24) is 9.29 Å². The molecule has 0 atom stereocenters. The lowest BCUT2D eigenvalue weighted by Gasteiger charge is -2.29. The van der Waals surface area contributed by atoms with Crippen molar-refractivity contribution in [3.05, 3.63) is 57.1 Å². The lowest BCUT2D eigenvalue weighted by atomic mass is 10.2. The minimum absolute atomic E-state index is 0.0602. The van der Waals surface area contributed by atoms with Gasteiger partial charge in [0.25, 0.3) is 11.6 Å². The highest BCUT2D eigenvalue weighted by atomic mass is 35.5. The first-order valence-electron chi connectivity index (χ1n) is 9.61. The van der Waals surface area contributed by atoms with Crippen LogP contribution in [0.1, 0.15) is 38.1 Å². The summed E-state index contributed by atoms with van der Waals surface area (Å²) in [4.78, 5) is 27.4. The first-order valence-corrected chi connectivity index (χ1v) is 12.2. The van der Waals surface area contributed by atoms with E-state index in [-0.39, 0.29) is 38.4 Å². The van der Waals surface area contributed by atoms with Crippen LogP contribution in [0.4, 0.5) is 10.8 Å². The molecule has 1 aromatic heterocycles. The highest BCUT2D eigenvalue weighted by Gasteiger charge is 2.30. The van der Waals surface area contributed by atoms with E-state index in [2.05, 4.69) is 10.3 Å². The molecule has 2 aromatic carbocycles. The standard InChI is InChI=1S/C20H21ClN4O5S2/c1-11(2)24(12(3)4)32(29,30)14-6-8-17-18(10-14)31-20(22-17)23-19(26)15-9-13(25(27)28)5-7-16(15)21/h5-12H,1-4H3,(H,22,23,26). The Kier molecular flexibility index (Phi) is 6.84. The number of carbonyl (C=O) groups is 1. The molecule has 0 fully saturated rings. The Bertz CT molecular complexity index is 1300. The second kappa shape index (κ2) is 9.10. The number of sulfonamides is 1. The third kappa shape index (κ3) is 4.75. The van der Waals surface area contributed by atoms with Crippen molar-refractivity contribution < 1.29 is 18.1 Å². The Hall–Kier alpha value is -2.60. The molecule has 0 spiro atoms. The van der Waals surface area contributed by atoms with E-state index >= 15 is 0 Å². The van der Waals surface area contributed by atoms with Crippen LogP contribution in [0, 0.1) is 10.1 Å². The van der Waals surface area contributed by atoms with Gasteiger partial charge in [0.2, 0.25) is 10.0 Å². The summed E-state index contributed by atoms with van der Waals surface area (Å²) in [5, 5.41) is 13.8. The van der Waals surface area contributed by atoms with Gasteiger partial charge in [-0.3, -0.25) is 20.2 Å². The van der Waals surface area contributed by atoms with Crippen molar-refractivity contribution in [1.29, 1.82) is 0 Å². The zero-order valence-corrected chi connectivity index (χ0v) is 20.1. The fourth-order valence-electron chi connectivity index (χ4n) is 3.36. The first kappa shape index (κ1) is 24.1. The fourth-order valence-corrected chi connectivity index (χ4v) is 6.40. The average Bonchev–Trinajstić information content (AvgIpc) is 3.08. The molecule has 0 aliphatic heterocycles. The number of fused-ring (bicyclic) bond motifs is 1. The first-order chi connectivity index (χ1) is 14.9. The summed E-state index contributed by atoms with van der Waals surface area (Å²) in [6.07, 6.45) is 0. The molecule has 0 aliphatic rings. The van der Waals surface area contributed by atoms with E-state index in [1.54, 1.807) is 6.07 Å². The normalized spacial score (nSPS) is 12.1. The lowest BCUT2D eigenvalue weighted by molar-refractivity contribution is -0.384. The number of aromatic nitrogens is 1. The summed E-state index contributed by atoms with van der Waals surface area (Å²) < 4.78 is 28.2. The Morgan fingerprint density at radius 2 is 1.81 bits per heavy atom. The zero-order chi connectivity index (χ0) is 23.8. The molecule has 0 radical (unpaired) electrons. The molecule has 9 nitrogen and oxygen atoms in total. The summed E-state index contributed by atoms with van der Waals surface area (Å²) in [5.74, 6) is -0.656. The highest BCUT2D eigenvalue weighted by molar-refractivity contribution is 7.89. The molecule has 0 saturated carbocycles. The number of thiazole rings is 1. The second-order valence-corrected chi connectivity index (χ2v) is 10.8. The van der Waals surface area contributed by atoms with Crippen molar-refractivity contribution in [2.75, 3.05) is 5.32 Å². The van der Waals surface area contributed by atoms with Crippen LogP contribution >= 0.6 is 22.9 Å². The zero-order valence-electron chi connectivity index (χ0n) is 17.7. The van der Waals surface area contributed by atoms with Gasteiger partial charge in [-0.25, -0.2) is 13.4 Å². The van der Waals surface area contributed by atoms with Crippen LogP contribution in [-0.2, 0) is 10.0 Å². The van der Waals surface area contributed by atoms with Crippen molar-refractivity contribution in [2.24, 2.45) is 0 Å². The molecular formula is C20H21ClN4O5S2. The monoisotopic (exact) mass is 496 g/mol. The number of carbonyl (C=O) groups excluding carboxylic acids is 1. The molecule has 3 aromatic rings. The third-order valence-electron chi connectivity index (χ3n) is 4.58. The number of anilines is 1. The predicted octanol–water partition coefficient (Wildman–Crippen LogP) is 4.92. The summed E-state index contributed by atoms with van der Waals surface area (Å²) in [7, 11) is -3.72. The number of rotatable bonds is 7. The topological polar surface area (TPSA) is 123 Å². The summed E-state index contributed by atoms with van der Waals surface area (Å²) in [6.45, 7) is 7.26. The van der Waals surface area contributed by atoms with Crippen molar-refractivity contribution >= 4 is 59.9 Å².